The van der Waals surface area contributed by atoms with E-state index in [4.69, 9.17) is 9.47 Å². The fraction of sp³-hybridized carbons (Fsp3) is 0.696. The standard InChI is InChI=1S/C23H35N3O5S/c1-14-12-16(14)26-20(28)19-15(2)17(32-21(19)25(22(26)29)10-11-30-6)13-24-9-7-8-18(27)31-23(3,4)5/h14,16,24H,7-13H2,1-6H3/t14-,16-/m0/s1. The molecule has 1 fully saturated rings. The molecular weight excluding hydrogens is 430 g/mol. The Kier molecular flexibility index (Phi) is 7.62. The summed E-state index contributed by atoms with van der Waals surface area (Å²) in [6, 6.07) is -0.0121. The molecule has 1 saturated carbocycles. The van der Waals surface area contributed by atoms with Crippen LogP contribution in [-0.4, -0.2) is 41.0 Å². The normalized spacial score (nSPS) is 18.3. The maximum absolute atomic E-state index is 13.3. The molecule has 9 heteroatoms. The molecule has 0 aromatic carbocycles. The number of aryl methyl sites for hydroxylation is 1. The fourth-order valence-corrected chi connectivity index (χ4v) is 5.15. The van der Waals surface area contributed by atoms with Crippen LogP contribution in [0.2, 0.25) is 0 Å². The van der Waals surface area contributed by atoms with Crippen molar-refractivity contribution in [2.75, 3.05) is 20.3 Å². The van der Waals surface area contributed by atoms with Crippen LogP contribution in [0.4, 0.5) is 0 Å². The third kappa shape index (κ3) is 5.50. The van der Waals surface area contributed by atoms with Gasteiger partial charge in [-0.15, -0.1) is 11.3 Å². The molecule has 0 bridgehead atoms. The molecule has 2 heterocycles. The molecule has 0 aliphatic heterocycles. The van der Waals surface area contributed by atoms with Crippen LogP contribution in [0.3, 0.4) is 0 Å². The number of thiophene rings is 1. The zero-order valence-electron chi connectivity index (χ0n) is 19.9. The monoisotopic (exact) mass is 465 g/mol. The van der Waals surface area contributed by atoms with Crippen molar-refractivity contribution >= 4 is 27.5 Å². The van der Waals surface area contributed by atoms with Gasteiger partial charge in [0, 0.05) is 31.0 Å². The first-order chi connectivity index (χ1) is 15.0. The summed E-state index contributed by atoms with van der Waals surface area (Å²) in [4.78, 5) is 40.0. The fourth-order valence-electron chi connectivity index (χ4n) is 3.87. The second kappa shape index (κ2) is 9.89. The minimum atomic E-state index is -0.470. The summed E-state index contributed by atoms with van der Waals surface area (Å²) in [6.45, 7) is 11.6. The van der Waals surface area contributed by atoms with Crippen LogP contribution in [0.5, 0.6) is 0 Å². The van der Waals surface area contributed by atoms with Crippen molar-refractivity contribution in [1.29, 1.82) is 0 Å². The predicted molar refractivity (Wildman–Crippen MR) is 127 cm³/mol. The molecule has 3 rings (SSSR count). The Morgan fingerprint density at radius 3 is 2.56 bits per heavy atom. The van der Waals surface area contributed by atoms with Crippen LogP contribution in [-0.2, 0) is 27.4 Å². The molecule has 0 radical (unpaired) electrons. The van der Waals surface area contributed by atoms with Gasteiger partial charge in [-0.05, 0) is 58.6 Å². The lowest BCUT2D eigenvalue weighted by molar-refractivity contribution is -0.154. The number of esters is 1. The average molecular weight is 466 g/mol. The van der Waals surface area contributed by atoms with Gasteiger partial charge in [0.15, 0.2) is 0 Å². The molecule has 1 aliphatic rings. The van der Waals surface area contributed by atoms with E-state index in [1.807, 2.05) is 27.7 Å². The van der Waals surface area contributed by atoms with Crippen LogP contribution in [0.25, 0.3) is 10.2 Å². The highest BCUT2D eigenvalue weighted by molar-refractivity contribution is 7.18. The van der Waals surface area contributed by atoms with E-state index in [0.29, 0.717) is 55.2 Å². The lowest BCUT2D eigenvalue weighted by Gasteiger charge is -2.19. The molecule has 0 saturated heterocycles. The van der Waals surface area contributed by atoms with Gasteiger partial charge >= 0.3 is 11.7 Å². The average Bonchev–Trinajstić information content (AvgIpc) is 3.30. The molecule has 2 aromatic heterocycles. The van der Waals surface area contributed by atoms with Crippen LogP contribution < -0.4 is 16.6 Å². The number of fused-ring (bicyclic) bond motifs is 1. The second-order valence-corrected chi connectivity index (χ2v) is 10.7. The molecule has 0 unspecified atom stereocenters. The highest BCUT2D eigenvalue weighted by atomic mass is 32.1. The van der Waals surface area contributed by atoms with Gasteiger partial charge in [-0.1, -0.05) is 6.92 Å². The highest BCUT2D eigenvalue weighted by Crippen LogP contribution is 2.41. The molecular formula is C23H35N3O5S. The Bertz CT molecular complexity index is 1090. The molecule has 32 heavy (non-hydrogen) atoms. The van der Waals surface area contributed by atoms with E-state index >= 15 is 0 Å². The third-order valence-corrected chi connectivity index (χ3v) is 7.01. The first-order valence-corrected chi connectivity index (χ1v) is 12.1. The molecule has 2 aromatic rings. The summed E-state index contributed by atoms with van der Waals surface area (Å²) in [5.74, 6) is 0.146. The van der Waals surface area contributed by atoms with E-state index in [-0.39, 0.29) is 23.3 Å². The molecule has 178 valence electrons. The van der Waals surface area contributed by atoms with Crippen LogP contribution >= 0.6 is 11.3 Å². The van der Waals surface area contributed by atoms with E-state index in [1.165, 1.54) is 15.9 Å². The van der Waals surface area contributed by atoms with Crippen molar-refractivity contribution in [2.45, 2.75) is 78.6 Å². The molecule has 1 N–H and O–H groups in total. The van der Waals surface area contributed by atoms with Gasteiger partial charge < -0.3 is 14.8 Å². The van der Waals surface area contributed by atoms with E-state index in [0.717, 1.165) is 16.9 Å². The number of carbonyl (C=O) groups is 1. The smallest absolute Gasteiger partial charge is 0.332 e. The largest absolute Gasteiger partial charge is 0.460 e. The number of hydrogen-bond donors (Lipinski definition) is 1. The van der Waals surface area contributed by atoms with Crippen molar-refractivity contribution in [1.82, 2.24) is 14.5 Å². The summed E-state index contributed by atoms with van der Waals surface area (Å²) in [6.07, 6.45) is 1.89. The van der Waals surface area contributed by atoms with Crippen molar-refractivity contribution in [3.05, 3.63) is 31.3 Å². The number of nitrogens with zero attached hydrogens (tertiary/aromatic N) is 2. The van der Waals surface area contributed by atoms with Gasteiger partial charge in [-0.3, -0.25) is 18.7 Å². The van der Waals surface area contributed by atoms with E-state index in [1.54, 1.807) is 11.7 Å². The van der Waals surface area contributed by atoms with Crippen LogP contribution in [0, 0.1) is 12.8 Å². The van der Waals surface area contributed by atoms with Crippen LogP contribution in [0.1, 0.15) is 63.4 Å². The Balaban J connectivity index is 1.77. The quantitative estimate of drug-likeness (QED) is 0.428. The van der Waals surface area contributed by atoms with Crippen molar-refractivity contribution in [3.63, 3.8) is 0 Å². The Hall–Kier alpha value is -1.97. The maximum Gasteiger partial charge on any atom is 0.332 e. The minimum Gasteiger partial charge on any atom is -0.460 e. The van der Waals surface area contributed by atoms with Crippen molar-refractivity contribution in [2.24, 2.45) is 5.92 Å². The van der Waals surface area contributed by atoms with E-state index in [9.17, 15) is 14.4 Å². The van der Waals surface area contributed by atoms with Crippen LogP contribution in [0.15, 0.2) is 9.59 Å². The number of rotatable bonds is 10. The molecule has 2 atom stereocenters. The summed E-state index contributed by atoms with van der Waals surface area (Å²) in [7, 11) is 1.60. The number of aromatic nitrogens is 2. The Morgan fingerprint density at radius 2 is 1.97 bits per heavy atom. The lowest BCUT2D eigenvalue weighted by Crippen LogP contribution is -2.40. The van der Waals surface area contributed by atoms with Crippen molar-refractivity contribution < 1.29 is 14.3 Å². The van der Waals surface area contributed by atoms with Gasteiger partial charge in [0.25, 0.3) is 5.56 Å². The molecule has 1 aliphatic carbocycles. The van der Waals surface area contributed by atoms with Gasteiger partial charge in [0.1, 0.15) is 10.4 Å². The SMILES string of the molecule is COCCn1c(=O)n([C@H]2C[C@@H]2C)c(=O)c2c(C)c(CNCCCC(=O)OC(C)(C)C)sc21. The van der Waals surface area contributed by atoms with Gasteiger partial charge in [-0.25, -0.2) is 4.79 Å². The first kappa shape index (κ1) is 24.7. The predicted octanol–water partition coefficient (Wildman–Crippen LogP) is 2.97. The molecule has 8 nitrogen and oxygen atoms in total. The van der Waals surface area contributed by atoms with Gasteiger partial charge in [0.05, 0.1) is 18.5 Å². The number of hydrogen-bond acceptors (Lipinski definition) is 7. The minimum absolute atomic E-state index is 0.0121. The van der Waals surface area contributed by atoms with Crippen molar-refractivity contribution in [3.8, 4) is 0 Å². The van der Waals surface area contributed by atoms with E-state index < -0.39 is 5.60 Å². The van der Waals surface area contributed by atoms with Gasteiger partial charge in [-0.2, -0.15) is 0 Å². The number of nitrogens with one attached hydrogen (secondary N) is 1. The zero-order chi connectivity index (χ0) is 23.6. The summed E-state index contributed by atoms with van der Waals surface area (Å²) < 4.78 is 13.7. The second-order valence-electron chi connectivity index (χ2n) is 9.58. The third-order valence-electron chi connectivity index (χ3n) is 5.70. The zero-order valence-corrected chi connectivity index (χ0v) is 20.8. The Morgan fingerprint density at radius 1 is 1.28 bits per heavy atom. The topological polar surface area (TPSA) is 91.6 Å². The number of ether oxygens (including phenoxy) is 2. The number of carbonyl (C=O) groups excluding carboxylic acids is 1. The lowest BCUT2D eigenvalue weighted by atomic mass is 10.2. The first-order valence-electron chi connectivity index (χ1n) is 11.2. The van der Waals surface area contributed by atoms with Gasteiger partial charge in [0.2, 0.25) is 0 Å². The maximum atomic E-state index is 13.3. The Labute approximate surface area is 192 Å². The summed E-state index contributed by atoms with van der Waals surface area (Å²) in [5, 5.41) is 3.99. The van der Waals surface area contributed by atoms with E-state index in [2.05, 4.69) is 12.2 Å². The highest BCUT2D eigenvalue weighted by Gasteiger charge is 2.38. The summed E-state index contributed by atoms with van der Waals surface area (Å²) >= 11 is 1.48. The molecule has 0 amide bonds. The summed E-state index contributed by atoms with van der Waals surface area (Å²) in [5.41, 5.74) is 0.0236. The number of methoxy groups -OCH3 is 1. The molecule has 0 spiro atoms.